The largest absolute Gasteiger partial charge is 0.490 e. The van der Waals surface area contributed by atoms with Gasteiger partial charge in [0.2, 0.25) is 0 Å². The van der Waals surface area contributed by atoms with E-state index in [4.69, 9.17) is 33.7 Å². The molecule has 0 spiro atoms. The summed E-state index contributed by atoms with van der Waals surface area (Å²) in [5.74, 6) is -2.01. The number of furan rings is 1. The van der Waals surface area contributed by atoms with Gasteiger partial charge in [0.05, 0.1) is 32.5 Å². The monoisotopic (exact) mass is 548 g/mol. The zero-order chi connectivity index (χ0) is 27.8. The molecule has 15 heteroatoms. The minimum atomic E-state index is -5.08. The molecule has 1 aromatic heterocycles. The molecular formula is C22H30F6N2O7. The van der Waals surface area contributed by atoms with Crippen molar-refractivity contribution in [2.75, 3.05) is 52.5 Å². The van der Waals surface area contributed by atoms with Gasteiger partial charge in [0.1, 0.15) is 11.5 Å². The van der Waals surface area contributed by atoms with Crippen molar-refractivity contribution in [1.82, 2.24) is 9.80 Å². The first-order valence-electron chi connectivity index (χ1n) is 11.5. The Morgan fingerprint density at radius 1 is 0.973 bits per heavy atom. The van der Waals surface area contributed by atoms with Crippen molar-refractivity contribution in [3.63, 3.8) is 0 Å². The number of alkyl halides is 6. The molecule has 4 rings (SSSR count). The second-order valence-electron chi connectivity index (χ2n) is 8.85. The lowest BCUT2D eigenvalue weighted by atomic mass is 9.84. The van der Waals surface area contributed by atoms with Crippen LogP contribution in [0.4, 0.5) is 26.3 Å². The number of rotatable bonds is 4. The van der Waals surface area contributed by atoms with E-state index in [1.165, 1.54) is 6.42 Å². The van der Waals surface area contributed by atoms with Crippen molar-refractivity contribution in [2.24, 2.45) is 11.8 Å². The van der Waals surface area contributed by atoms with Crippen molar-refractivity contribution < 1.29 is 60.0 Å². The van der Waals surface area contributed by atoms with E-state index in [-0.39, 0.29) is 0 Å². The summed E-state index contributed by atoms with van der Waals surface area (Å²) in [6, 6.07) is 4.16. The lowest BCUT2D eigenvalue weighted by molar-refractivity contribution is -0.193. The Morgan fingerprint density at radius 2 is 1.54 bits per heavy atom. The number of hydrogen-bond donors (Lipinski definition) is 2. The first-order valence-corrected chi connectivity index (χ1v) is 11.5. The Hall–Kier alpha value is -2.36. The van der Waals surface area contributed by atoms with E-state index in [1.54, 1.807) is 0 Å². The smallest absolute Gasteiger partial charge is 0.475 e. The van der Waals surface area contributed by atoms with E-state index < -0.39 is 24.3 Å². The van der Waals surface area contributed by atoms with E-state index >= 15 is 0 Å². The summed E-state index contributed by atoms with van der Waals surface area (Å²) in [6.07, 6.45) is -8.49. The van der Waals surface area contributed by atoms with Gasteiger partial charge >= 0.3 is 24.3 Å². The molecule has 9 nitrogen and oxygen atoms in total. The first kappa shape index (κ1) is 30.9. The van der Waals surface area contributed by atoms with Crippen LogP contribution in [0, 0.1) is 18.8 Å². The normalized spacial score (nSPS) is 24.8. The Bertz CT molecular complexity index is 846. The van der Waals surface area contributed by atoms with Crippen LogP contribution >= 0.6 is 0 Å². The van der Waals surface area contributed by atoms with Gasteiger partial charge in [-0.05, 0) is 37.9 Å². The maximum atomic E-state index is 10.6. The minimum absolute atomic E-state index is 0.422. The van der Waals surface area contributed by atoms with Crippen molar-refractivity contribution >= 4 is 11.9 Å². The highest BCUT2D eigenvalue weighted by Crippen LogP contribution is 2.35. The molecule has 212 valence electrons. The average Bonchev–Trinajstić information content (AvgIpc) is 3.39. The Labute approximate surface area is 208 Å². The van der Waals surface area contributed by atoms with Crippen molar-refractivity contribution in [3.8, 4) is 0 Å². The number of aliphatic carboxylic acids is 2. The van der Waals surface area contributed by atoms with Crippen molar-refractivity contribution in [3.05, 3.63) is 23.7 Å². The van der Waals surface area contributed by atoms with Crippen LogP contribution < -0.4 is 0 Å². The number of carboxylic acids is 2. The van der Waals surface area contributed by atoms with Gasteiger partial charge in [0.15, 0.2) is 0 Å². The summed E-state index contributed by atoms with van der Waals surface area (Å²) in [5, 5.41) is 14.2. The van der Waals surface area contributed by atoms with Crippen LogP contribution in [0.2, 0.25) is 0 Å². The van der Waals surface area contributed by atoms with Gasteiger partial charge in [0, 0.05) is 32.1 Å². The summed E-state index contributed by atoms with van der Waals surface area (Å²) < 4.78 is 80.8. The van der Waals surface area contributed by atoms with Crippen LogP contribution in [0.1, 0.15) is 17.9 Å². The number of carboxylic acid groups (broad SMARTS) is 2. The van der Waals surface area contributed by atoms with Crippen LogP contribution in [-0.2, 0) is 25.6 Å². The van der Waals surface area contributed by atoms with Crippen LogP contribution in [0.15, 0.2) is 16.5 Å². The van der Waals surface area contributed by atoms with Gasteiger partial charge < -0.3 is 24.1 Å². The molecule has 0 unspecified atom stereocenters. The third-order valence-corrected chi connectivity index (χ3v) is 6.08. The zero-order valence-electron chi connectivity index (χ0n) is 20.1. The SMILES string of the molecule is Cc1ccc(CN2CC[C@@H]3[C@@H](CO[C@H]3CN3CCOCC3)C2)o1.O=C(O)C(F)(F)F.O=C(O)C(F)(F)F. The third kappa shape index (κ3) is 10.5. The predicted molar refractivity (Wildman–Crippen MR) is 115 cm³/mol. The number of piperidine rings is 1. The molecule has 0 amide bonds. The molecule has 0 bridgehead atoms. The van der Waals surface area contributed by atoms with Gasteiger partial charge in [-0.1, -0.05) is 0 Å². The maximum absolute atomic E-state index is 10.6. The molecule has 0 radical (unpaired) electrons. The summed E-state index contributed by atoms with van der Waals surface area (Å²) in [4.78, 5) is 22.8. The average molecular weight is 548 g/mol. The molecule has 37 heavy (non-hydrogen) atoms. The summed E-state index contributed by atoms with van der Waals surface area (Å²) in [7, 11) is 0. The predicted octanol–water partition coefficient (Wildman–Crippen LogP) is 3.02. The molecule has 4 heterocycles. The molecule has 1 aromatic rings. The van der Waals surface area contributed by atoms with Gasteiger partial charge in [0.25, 0.3) is 0 Å². The number of carbonyl (C=O) groups is 2. The number of halogens is 6. The molecule has 3 atom stereocenters. The molecular weight excluding hydrogens is 518 g/mol. The topological polar surface area (TPSA) is 113 Å². The highest BCUT2D eigenvalue weighted by molar-refractivity contribution is 5.73. The molecule has 3 fully saturated rings. The van der Waals surface area contributed by atoms with Crippen LogP contribution in [-0.4, -0.2) is 103 Å². The molecule has 3 aliphatic rings. The number of likely N-dealkylation sites (tertiary alicyclic amines) is 1. The number of hydrogen-bond acceptors (Lipinski definition) is 7. The van der Waals surface area contributed by atoms with Crippen LogP contribution in [0.25, 0.3) is 0 Å². The number of morpholine rings is 1. The third-order valence-electron chi connectivity index (χ3n) is 6.08. The fourth-order valence-corrected chi connectivity index (χ4v) is 4.32. The number of fused-ring (bicyclic) bond motifs is 1. The number of nitrogens with zero attached hydrogens (tertiary/aromatic N) is 2. The minimum Gasteiger partial charge on any atom is -0.475 e. The first-order chi connectivity index (χ1) is 17.2. The number of ether oxygens (including phenoxy) is 2. The second kappa shape index (κ2) is 13.4. The van der Waals surface area contributed by atoms with E-state index in [0.29, 0.717) is 12.0 Å². The fraction of sp³-hybridized carbons (Fsp3) is 0.727. The summed E-state index contributed by atoms with van der Waals surface area (Å²) >= 11 is 0. The zero-order valence-corrected chi connectivity index (χ0v) is 20.1. The highest BCUT2D eigenvalue weighted by Gasteiger charge is 2.41. The van der Waals surface area contributed by atoms with E-state index in [9.17, 15) is 26.3 Å². The fourth-order valence-electron chi connectivity index (χ4n) is 4.32. The number of aryl methyl sites for hydroxylation is 1. The van der Waals surface area contributed by atoms with Crippen molar-refractivity contribution in [2.45, 2.75) is 38.3 Å². The molecule has 3 aliphatic heterocycles. The van der Waals surface area contributed by atoms with E-state index in [0.717, 1.165) is 76.5 Å². The Kier molecular flexibility index (Phi) is 11.2. The second-order valence-corrected chi connectivity index (χ2v) is 8.85. The molecule has 2 N–H and O–H groups in total. The molecule has 0 saturated carbocycles. The van der Waals surface area contributed by atoms with Crippen molar-refractivity contribution in [1.29, 1.82) is 0 Å². The van der Waals surface area contributed by atoms with Gasteiger partial charge in [-0.15, -0.1) is 0 Å². The van der Waals surface area contributed by atoms with Gasteiger partial charge in [-0.3, -0.25) is 9.80 Å². The molecule has 3 saturated heterocycles. The molecule has 0 aliphatic carbocycles. The summed E-state index contributed by atoms with van der Waals surface area (Å²) in [6.45, 7) is 11.1. The van der Waals surface area contributed by atoms with E-state index in [2.05, 4.69) is 21.9 Å². The molecule has 0 aromatic carbocycles. The Morgan fingerprint density at radius 3 is 2.03 bits per heavy atom. The maximum Gasteiger partial charge on any atom is 0.490 e. The quantitative estimate of drug-likeness (QED) is 0.549. The summed E-state index contributed by atoms with van der Waals surface area (Å²) in [5.41, 5.74) is 0. The van der Waals surface area contributed by atoms with Gasteiger partial charge in [-0.25, -0.2) is 9.59 Å². The van der Waals surface area contributed by atoms with Gasteiger partial charge in [-0.2, -0.15) is 26.3 Å². The Balaban J connectivity index is 0.000000286. The lowest BCUT2D eigenvalue weighted by Gasteiger charge is -2.36. The highest BCUT2D eigenvalue weighted by atomic mass is 19.4. The van der Waals surface area contributed by atoms with Crippen LogP contribution in [0.5, 0.6) is 0 Å². The van der Waals surface area contributed by atoms with E-state index in [1.807, 2.05) is 6.92 Å². The lowest BCUT2D eigenvalue weighted by Crippen LogP contribution is -2.45. The standard InChI is InChI=1S/C18H28N2O3.2C2HF3O2/c1-14-2-3-16(23-14)11-20-5-4-17-15(10-20)13-22-18(17)12-19-6-8-21-9-7-19;2*3-2(4,5)1(6)7/h2-3,15,17-18H,4-13H2,1H3;2*(H,6,7)/t15-,17-,18+;;/m1../s1. The van der Waals surface area contributed by atoms with Crippen LogP contribution in [0.3, 0.4) is 0 Å².